The van der Waals surface area contributed by atoms with Gasteiger partial charge >= 0.3 is 0 Å². The Kier molecular flexibility index (Phi) is 4.97. The first-order chi connectivity index (χ1) is 9.90. The van der Waals surface area contributed by atoms with Crippen molar-refractivity contribution >= 4 is 21.6 Å². The smallest absolute Gasteiger partial charge is 0.228 e. The second kappa shape index (κ2) is 6.55. The van der Waals surface area contributed by atoms with Crippen LogP contribution in [0.3, 0.4) is 0 Å². The number of nitrogens with zero attached hydrogens (tertiary/aromatic N) is 1. The van der Waals surface area contributed by atoms with E-state index in [-0.39, 0.29) is 25.0 Å². The standard InChI is InChI=1S/C14H20N2O4S/c1-21(19,20)16-7-3-5-12(9-16)14(18)15-13-6-2-4-11(8-13)10-17/h2,4,6,8,12,17H,3,5,7,9-10H2,1H3,(H,15,18). The van der Waals surface area contributed by atoms with Crippen molar-refractivity contribution in [1.82, 2.24) is 4.31 Å². The van der Waals surface area contributed by atoms with E-state index in [2.05, 4.69) is 5.32 Å². The minimum Gasteiger partial charge on any atom is -0.392 e. The molecule has 0 aliphatic carbocycles. The van der Waals surface area contributed by atoms with Crippen LogP contribution in [0, 0.1) is 5.92 Å². The monoisotopic (exact) mass is 312 g/mol. The summed E-state index contributed by atoms with van der Waals surface area (Å²) in [6.07, 6.45) is 2.53. The van der Waals surface area contributed by atoms with Crippen LogP contribution in [0.5, 0.6) is 0 Å². The number of rotatable bonds is 4. The summed E-state index contributed by atoms with van der Waals surface area (Å²) in [5, 5.41) is 11.9. The largest absolute Gasteiger partial charge is 0.392 e. The summed E-state index contributed by atoms with van der Waals surface area (Å²) in [6, 6.07) is 6.97. The number of nitrogens with one attached hydrogen (secondary N) is 1. The summed E-state index contributed by atoms with van der Waals surface area (Å²) < 4.78 is 24.5. The molecule has 1 aliphatic heterocycles. The Hall–Kier alpha value is -1.44. The van der Waals surface area contributed by atoms with Crippen LogP contribution < -0.4 is 5.32 Å². The number of sulfonamides is 1. The average Bonchev–Trinajstić information content (AvgIpc) is 2.46. The van der Waals surface area contributed by atoms with Crippen molar-refractivity contribution in [2.24, 2.45) is 5.92 Å². The third-order valence-electron chi connectivity index (χ3n) is 3.60. The van der Waals surface area contributed by atoms with Crippen molar-refractivity contribution in [3.63, 3.8) is 0 Å². The first-order valence-corrected chi connectivity index (χ1v) is 8.71. The molecule has 116 valence electrons. The van der Waals surface area contributed by atoms with Crippen molar-refractivity contribution in [3.8, 4) is 0 Å². The van der Waals surface area contributed by atoms with Crippen LogP contribution >= 0.6 is 0 Å². The van der Waals surface area contributed by atoms with E-state index in [1.54, 1.807) is 24.3 Å². The minimum atomic E-state index is -3.26. The molecule has 1 heterocycles. The fourth-order valence-corrected chi connectivity index (χ4v) is 3.36. The van der Waals surface area contributed by atoms with Gasteiger partial charge in [-0.15, -0.1) is 0 Å². The van der Waals surface area contributed by atoms with Gasteiger partial charge in [0.1, 0.15) is 0 Å². The van der Waals surface area contributed by atoms with Gasteiger partial charge in [-0.3, -0.25) is 4.79 Å². The fourth-order valence-electron chi connectivity index (χ4n) is 2.45. The SMILES string of the molecule is CS(=O)(=O)N1CCCC(C(=O)Nc2cccc(CO)c2)C1. The Labute approximate surface area is 124 Å². The molecule has 0 saturated carbocycles. The van der Waals surface area contributed by atoms with Crippen molar-refractivity contribution in [2.75, 3.05) is 24.7 Å². The highest BCUT2D eigenvalue weighted by Gasteiger charge is 2.30. The van der Waals surface area contributed by atoms with Crippen molar-refractivity contribution < 1.29 is 18.3 Å². The maximum Gasteiger partial charge on any atom is 0.228 e. The zero-order valence-corrected chi connectivity index (χ0v) is 12.8. The molecule has 1 saturated heterocycles. The molecule has 6 nitrogen and oxygen atoms in total. The van der Waals surface area contributed by atoms with Gasteiger partial charge in [-0.05, 0) is 30.5 Å². The number of hydrogen-bond acceptors (Lipinski definition) is 4. The van der Waals surface area contributed by atoms with Crippen LogP contribution in [0.15, 0.2) is 24.3 Å². The van der Waals surface area contributed by atoms with Crippen molar-refractivity contribution in [1.29, 1.82) is 0 Å². The van der Waals surface area contributed by atoms with Crippen LogP contribution in [-0.2, 0) is 21.4 Å². The third kappa shape index (κ3) is 4.26. The third-order valence-corrected chi connectivity index (χ3v) is 4.87. The van der Waals surface area contributed by atoms with Gasteiger partial charge in [-0.2, -0.15) is 0 Å². The second-order valence-corrected chi connectivity index (χ2v) is 7.29. The number of hydrogen-bond donors (Lipinski definition) is 2. The first kappa shape index (κ1) is 15.9. The number of anilines is 1. The number of aliphatic hydroxyl groups excluding tert-OH is 1. The first-order valence-electron chi connectivity index (χ1n) is 6.86. The molecule has 0 spiro atoms. The van der Waals surface area contributed by atoms with E-state index in [0.717, 1.165) is 6.26 Å². The predicted molar refractivity (Wildman–Crippen MR) is 80.1 cm³/mol. The van der Waals surface area contributed by atoms with Gasteiger partial charge in [-0.25, -0.2) is 12.7 Å². The Bertz CT molecular complexity index is 615. The lowest BCUT2D eigenvalue weighted by atomic mass is 9.98. The van der Waals surface area contributed by atoms with E-state index < -0.39 is 10.0 Å². The lowest BCUT2D eigenvalue weighted by molar-refractivity contribution is -0.120. The summed E-state index contributed by atoms with van der Waals surface area (Å²) in [5.41, 5.74) is 1.33. The molecular formula is C14H20N2O4S. The van der Waals surface area contributed by atoms with Gasteiger partial charge in [0.2, 0.25) is 15.9 Å². The summed E-state index contributed by atoms with van der Waals surface area (Å²) in [5.74, 6) is -0.523. The van der Waals surface area contributed by atoms with Gasteiger partial charge in [0, 0.05) is 18.8 Å². The van der Waals surface area contributed by atoms with E-state index in [0.29, 0.717) is 30.6 Å². The average molecular weight is 312 g/mol. The van der Waals surface area contributed by atoms with Crippen LogP contribution in [0.4, 0.5) is 5.69 Å². The molecule has 1 fully saturated rings. The van der Waals surface area contributed by atoms with E-state index in [1.165, 1.54) is 4.31 Å². The molecule has 1 aromatic rings. The number of benzene rings is 1. The van der Waals surface area contributed by atoms with Gasteiger partial charge in [0.15, 0.2) is 0 Å². The number of carbonyl (C=O) groups excluding carboxylic acids is 1. The lowest BCUT2D eigenvalue weighted by Crippen LogP contribution is -2.43. The predicted octanol–water partition coefficient (Wildman–Crippen LogP) is 0.789. The Morgan fingerprint density at radius 1 is 1.48 bits per heavy atom. The van der Waals surface area contributed by atoms with E-state index in [4.69, 9.17) is 5.11 Å². The molecule has 1 aliphatic rings. The van der Waals surface area contributed by atoms with Crippen LogP contribution in [-0.4, -0.2) is 43.1 Å². The number of amides is 1. The Morgan fingerprint density at radius 3 is 2.90 bits per heavy atom. The number of aliphatic hydroxyl groups is 1. The molecule has 21 heavy (non-hydrogen) atoms. The molecule has 7 heteroatoms. The normalized spacial score (nSPS) is 20.2. The van der Waals surface area contributed by atoms with Crippen molar-refractivity contribution in [2.45, 2.75) is 19.4 Å². The molecule has 1 amide bonds. The van der Waals surface area contributed by atoms with Gasteiger partial charge in [-0.1, -0.05) is 12.1 Å². The molecule has 1 unspecified atom stereocenters. The number of piperidine rings is 1. The van der Waals surface area contributed by atoms with E-state index in [1.807, 2.05) is 0 Å². The Morgan fingerprint density at radius 2 is 2.24 bits per heavy atom. The summed E-state index contributed by atoms with van der Waals surface area (Å²) in [6.45, 7) is 0.613. The second-order valence-electron chi connectivity index (χ2n) is 5.31. The molecular weight excluding hydrogens is 292 g/mol. The highest BCUT2D eigenvalue weighted by molar-refractivity contribution is 7.88. The maximum absolute atomic E-state index is 12.2. The molecule has 1 aromatic carbocycles. The highest BCUT2D eigenvalue weighted by Crippen LogP contribution is 2.21. The van der Waals surface area contributed by atoms with E-state index in [9.17, 15) is 13.2 Å². The minimum absolute atomic E-state index is 0.0883. The van der Waals surface area contributed by atoms with Crippen LogP contribution in [0.1, 0.15) is 18.4 Å². The molecule has 1 atom stereocenters. The molecule has 0 bridgehead atoms. The zero-order chi connectivity index (χ0) is 15.5. The Balaban J connectivity index is 2.02. The zero-order valence-electron chi connectivity index (χ0n) is 11.9. The van der Waals surface area contributed by atoms with Crippen LogP contribution in [0.25, 0.3) is 0 Å². The molecule has 2 rings (SSSR count). The van der Waals surface area contributed by atoms with Crippen molar-refractivity contribution in [3.05, 3.63) is 29.8 Å². The van der Waals surface area contributed by atoms with E-state index >= 15 is 0 Å². The van der Waals surface area contributed by atoms with Gasteiger partial charge in [0.25, 0.3) is 0 Å². The van der Waals surface area contributed by atoms with Gasteiger partial charge < -0.3 is 10.4 Å². The maximum atomic E-state index is 12.2. The molecule has 0 radical (unpaired) electrons. The summed E-state index contributed by atoms with van der Waals surface area (Å²) >= 11 is 0. The highest BCUT2D eigenvalue weighted by atomic mass is 32.2. The summed E-state index contributed by atoms with van der Waals surface area (Å²) in [7, 11) is -3.26. The topological polar surface area (TPSA) is 86.7 Å². The fraction of sp³-hybridized carbons (Fsp3) is 0.500. The quantitative estimate of drug-likeness (QED) is 0.860. The molecule has 2 N–H and O–H groups in total. The number of carbonyl (C=O) groups is 1. The van der Waals surface area contributed by atoms with Gasteiger partial charge in [0.05, 0.1) is 18.8 Å². The van der Waals surface area contributed by atoms with Crippen LogP contribution in [0.2, 0.25) is 0 Å². The summed E-state index contributed by atoms with van der Waals surface area (Å²) in [4.78, 5) is 12.2. The lowest BCUT2D eigenvalue weighted by Gasteiger charge is -2.30. The molecule has 0 aromatic heterocycles.